The Morgan fingerprint density at radius 3 is 1.85 bits per heavy atom. The van der Waals surface area contributed by atoms with Crippen LogP contribution in [-0.4, -0.2) is 137 Å². The van der Waals surface area contributed by atoms with Crippen LogP contribution in [0, 0.1) is 11.8 Å². The standard InChI is InChI=1S/C42H54N10O8/c1-21(57-3)32(49-41(55)59-5)39(53)51-28-13-11-25(15-28)34(51)37-45-19-30(47-37)23-7-9-24(10-8-23)36-43-17-27(18-44-36)31-20-46-38(48-31)35-26-12-14-29(16-26)52(35)40(54)33(22(2)58-4)50-42(56)60-6/h7-10,17-18,20-22,25-26,28-30,32-35H,11-16,19H2,1-6H3,(H,45,47)(H,46,48)(H,49,55)(H,50,56)/t21-,22-,25+,26+,28-,29-,30?,32+,33+,34+,35+/m1/s1. The van der Waals surface area contributed by atoms with E-state index in [1.807, 2.05) is 40.3 Å². The molecule has 5 aliphatic rings. The summed E-state index contributed by atoms with van der Waals surface area (Å²) in [6.45, 7) is 4.11. The Labute approximate surface area is 348 Å². The lowest BCUT2D eigenvalue weighted by molar-refractivity contribution is -0.141. The van der Waals surface area contributed by atoms with Gasteiger partial charge in [-0.25, -0.2) is 24.5 Å². The molecular formula is C42H54N10O8. The fraction of sp³-hybridized carbons (Fsp3) is 0.571. The molecule has 0 radical (unpaired) electrons. The minimum atomic E-state index is -0.910. The number of amidine groups is 1. The Morgan fingerprint density at radius 2 is 1.30 bits per heavy atom. The van der Waals surface area contributed by atoms with Crippen LogP contribution in [0.4, 0.5) is 9.59 Å². The van der Waals surface area contributed by atoms with Gasteiger partial charge in [-0.15, -0.1) is 0 Å². The predicted octanol–water partition coefficient (Wildman–Crippen LogP) is 3.53. The van der Waals surface area contributed by atoms with Crippen LogP contribution >= 0.6 is 0 Å². The van der Waals surface area contributed by atoms with Gasteiger partial charge >= 0.3 is 12.2 Å². The highest BCUT2D eigenvalue weighted by Gasteiger charge is 2.54. The molecule has 11 atom stereocenters. The van der Waals surface area contributed by atoms with Crippen molar-refractivity contribution >= 4 is 29.8 Å². The lowest BCUT2D eigenvalue weighted by Gasteiger charge is -2.38. The van der Waals surface area contributed by atoms with E-state index in [1.165, 1.54) is 28.4 Å². The van der Waals surface area contributed by atoms with Crippen LogP contribution in [0.5, 0.6) is 0 Å². The number of methoxy groups -OCH3 is 4. The predicted molar refractivity (Wildman–Crippen MR) is 217 cm³/mol. The topological polar surface area (TPSA) is 215 Å². The molecule has 2 aromatic heterocycles. The SMILES string of the molecule is COC(=O)N[C@H](C(=O)N1[C@@H]2CC[C@@H](C2)[C@H]1C1=NC(c2ccc(-c3ncc(-c4c[nH]c([C@@H]5[C@H]6CC[C@H](C6)N5C(=O)[C@@H](NC(=O)OC)[C@@H](C)OC)n4)cn3)cc2)CN1)[C@@H](C)OC. The van der Waals surface area contributed by atoms with Crippen LogP contribution in [0.1, 0.15) is 75.8 Å². The molecule has 3 aliphatic heterocycles. The van der Waals surface area contributed by atoms with Gasteiger partial charge in [-0.3, -0.25) is 14.6 Å². The van der Waals surface area contributed by atoms with Gasteiger partial charge in [-0.05, 0) is 69.8 Å². The number of ether oxygens (including phenoxy) is 4. The van der Waals surface area contributed by atoms with Gasteiger partial charge in [0.2, 0.25) is 11.8 Å². The molecule has 2 saturated carbocycles. The summed E-state index contributed by atoms with van der Waals surface area (Å²) in [6, 6.07) is 5.76. The number of nitrogens with one attached hydrogen (secondary N) is 4. The number of amides is 4. The van der Waals surface area contributed by atoms with E-state index in [0.29, 0.717) is 23.9 Å². The molecule has 1 unspecified atom stereocenters. The zero-order chi connectivity index (χ0) is 42.2. The van der Waals surface area contributed by atoms with Crippen LogP contribution in [0.25, 0.3) is 22.6 Å². The van der Waals surface area contributed by atoms with Gasteiger partial charge < -0.3 is 49.7 Å². The minimum absolute atomic E-state index is 0.0461. The van der Waals surface area contributed by atoms with E-state index in [1.54, 1.807) is 26.2 Å². The molecule has 5 heterocycles. The highest BCUT2D eigenvalue weighted by atomic mass is 16.5. The summed E-state index contributed by atoms with van der Waals surface area (Å²) in [5.41, 5.74) is 3.27. The molecule has 2 aliphatic carbocycles. The number of nitrogens with zero attached hydrogens (tertiary/aromatic N) is 6. The summed E-state index contributed by atoms with van der Waals surface area (Å²) in [6.07, 6.45) is 8.39. The molecule has 4 N–H and O–H groups in total. The van der Waals surface area contributed by atoms with Crippen LogP contribution in [0.2, 0.25) is 0 Å². The Balaban J connectivity index is 0.942. The Bertz CT molecular complexity index is 2100. The molecule has 2 saturated heterocycles. The van der Waals surface area contributed by atoms with E-state index < -0.39 is 36.5 Å². The second-order valence-corrected chi connectivity index (χ2v) is 16.4. The van der Waals surface area contributed by atoms with Crippen molar-refractivity contribution in [1.29, 1.82) is 0 Å². The number of aliphatic imine (C=N–C) groups is 1. The summed E-state index contributed by atoms with van der Waals surface area (Å²) in [4.78, 5) is 78.8. The lowest BCUT2D eigenvalue weighted by atomic mass is 9.96. The largest absolute Gasteiger partial charge is 0.453 e. The number of benzene rings is 1. The fourth-order valence-corrected chi connectivity index (χ4v) is 9.97. The highest BCUT2D eigenvalue weighted by Crippen LogP contribution is 2.50. The van der Waals surface area contributed by atoms with E-state index in [9.17, 15) is 19.2 Å². The van der Waals surface area contributed by atoms with Gasteiger partial charge in [0.05, 0.1) is 50.2 Å². The van der Waals surface area contributed by atoms with Crippen LogP contribution in [0.3, 0.4) is 0 Å². The number of carbonyl (C=O) groups is 4. The number of hydrogen-bond acceptors (Lipinski definition) is 13. The molecule has 60 heavy (non-hydrogen) atoms. The summed E-state index contributed by atoms with van der Waals surface area (Å²) < 4.78 is 20.6. The second-order valence-electron chi connectivity index (χ2n) is 16.4. The van der Waals surface area contributed by atoms with Crippen LogP contribution in [-0.2, 0) is 28.5 Å². The number of aromatic amines is 1. The molecular weight excluding hydrogens is 773 g/mol. The third kappa shape index (κ3) is 7.66. The van der Waals surface area contributed by atoms with Gasteiger partial charge in [0.15, 0.2) is 5.82 Å². The number of imidazole rings is 1. The lowest BCUT2D eigenvalue weighted by Crippen LogP contribution is -2.60. The zero-order valence-corrected chi connectivity index (χ0v) is 34.8. The summed E-state index contributed by atoms with van der Waals surface area (Å²) >= 11 is 0. The van der Waals surface area contributed by atoms with Crippen molar-refractivity contribution in [3.05, 3.63) is 54.2 Å². The van der Waals surface area contributed by atoms with Crippen molar-refractivity contribution < 1.29 is 38.1 Å². The number of aromatic nitrogens is 4. The number of fused-ring (bicyclic) bond motifs is 4. The first-order valence-corrected chi connectivity index (χ1v) is 20.7. The minimum Gasteiger partial charge on any atom is -0.453 e. The molecule has 3 aromatic rings. The normalized spacial score (nSPS) is 27.2. The first-order valence-electron chi connectivity index (χ1n) is 20.7. The van der Waals surface area contributed by atoms with Crippen LogP contribution in [0.15, 0.2) is 47.8 Å². The van der Waals surface area contributed by atoms with Gasteiger partial charge in [0.25, 0.3) is 0 Å². The Hall–Kier alpha value is -5.62. The van der Waals surface area contributed by atoms with Crippen molar-refractivity contribution in [3.63, 3.8) is 0 Å². The van der Waals surface area contributed by atoms with E-state index >= 15 is 0 Å². The van der Waals surface area contributed by atoms with Crippen molar-refractivity contribution in [3.8, 4) is 22.6 Å². The van der Waals surface area contributed by atoms with Crippen molar-refractivity contribution in [2.45, 2.75) is 107 Å². The van der Waals surface area contributed by atoms with Gasteiger partial charge in [-0.2, -0.15) is 0 Å². The molecule has 4 fully saturated rings. The number of rotatable bonds is 13. The second kappa shape index (κ2) is 17.2. The molecule has 1 aromatic carbocycles. The maximum Gasteiger partial charge on any atom is 0.407 e. The van der Waals surface area contributed by atoms with E-state index in [-0.39, 0.29) is 53.9 Å². The first-order chi connectivity index (χ1) is 29.0. The highest BCUT2D eigenvalue weighted by molar-refractivity contribution is 5.96. The third-order valence-electron chi connectivity index (χ3n) is 13.2. The van der Waals surface area contributed by atoms with Gasteiger partial charge in [0, 0.05) is 62.6 Å². The average molecular weight is 827 g/mol. The van der Waals surface area contributed by atoms with Gasteiger partial charge in [-0.1, -0.05) is 24.3 Å². The number of carbonyl (C=O) groups excluding carboxylic acids is 4. The average Bonchev–Trinajstić information content (AvgIpc) is 4.16. The van der Waals surface area contributed by atoms with E-state index in [0.717, 1.165) is 61.1 Å². The molecule has 4 bridgehead atoms. The monoisotopic (exact) mass is 826 g/mol. The number of alkyl carbamates (subject to hydrolysis) is 2. The zero-order valence-electron chi connectivity index (χ0n) is 34.8. The van der Waals surface area contributed by atoms with Crippen molar-refractivity contribution in [2.24, 2.45) is 16.8 Å². The van der Waals surface area contributed by atoms with Gasteiger partial charge in [0.1, 0.15) is 23.7 Å². The first kappa shape index (κ1) is 41.1. The van der Waals surface area contributed by atoms with E-state index in [2.05, 4.69) is 30.9 Å². The Kier molecular flexibility index (Phi) is 11.8. The Morgan fingerprint density at radius 1 is 0.750 bits per heavy atom. The molecule has 18 nitrogen and oxygen atoms in total. The summed E-state index contributed by atoms with van der Waals surface area (Å²) in [5.74, 6) is 2.15. The van der Waals surface area contributed by atoms with Crippen molar-refractivity contribution in [1.82, 2.24) is 45.7 Å². The maximum absolute atomic E-state index is 14.0. The number of piperidine rings is 2. The summed E-state index contributed by atoms with van der Waals surface area (Å²) in [7, 11) is 5.56. The number of hydrogen-bond donors (Lipinski definition) is 4. The maximum atomic E-state index is 14.0. The molecule has 18 heteroatoms. The number of H-pyrrole nitrogens is 1. The molecule has 4 amide bonds. The van der Waals surface area contributed by atoms with Crippen LogP contribution < -0.4 is 16.0 Å². The number of likely N-dealkylation sites (tertiary alicyclic amines) is 2. The molecule has 8 rings (SSSR count). The van der Waals surface area contributed by atoms with Crippen molar-refractivity contribution in [2.75, 3.05) is 35.0 Å². The molecule has 320 valence electrons. The quantitative estimate of drug-likeness (QED) is 0.195. The smallest absolute Gasteiger partial charge is 0.407 e. The fourth-order valence-electron chi connectivity index (χ4n) is 9.97. The van der Waals surface area contributed by atoms with E-state index in [4.69, 9.17) is 28.9 Å². The third-order valence-corrected chi connectivity index (χ3v) is 13.2. The summed E-state index contributed by atoms with van der Waals surface area (Å²) in [5, 5.41) is 8.86. The molecule has 0 spiro atoms.